The quantitative estimate of drug-likeness (QED) is 0.272. The van der Waals surface area contributed by atoms with Gasteiger partial charge in [0.25, 0.3) is 0 Å². The lowest BCUT2D eigenvalue weighted by molar-refractivity contribution is -0.254. The lowest BCUT2D eigenvalue weighted by atomic mass is 9.51. The average Bonchev–Trinajstić information content (AvgIpc) is 3.67. The Labute approximate surface area is 231 Å². The summed E-state index contributed by atoms with van der Waals surface area (Å²) in [7, 11) is 1.82. The number of epoxide rings is 1. The van der Waals surface area contributed by atoms with E-state index in [1.807, 2.05) is 14.0 Å². The third kappa shape index (κ3) is 4.84. The summed E-state index contributed by atoms with van der Waals surface area (Å²) in [5, 5.41) is 24.7. The van der Waals surface area contributed by atoms with Crippen LogP contribution < -0.4 is 5.32 Å². The molecule has 5 aliphatic rings. The largest absolute Gasteiger partial charge is 0.458 e. The zero-order valence-electron chi connectivity index (χ0n) is 23.8. The number of nitrogens with one attached hydrogen (secondary N) is 1. The molecule has 0 amide bonds. The van der Waals surface area contributed by atoms with Gasteiger partial charge in [-0.25, -0.2) is 4.79 Å². The minimum Gasteiger partial charge on any atom is -0.458 e. The van der Waals surface area contributed by atoms with E-state index in [1.165, 1.54) is 11.6 Å². The van der Waals surface area contributed by atoms with E-state index in [0.29, 0.717) is 26.1 Å². The van der Waals surface area contributed by atoms with Gasteiger partial charge >= 0.3 is 5.97 Å². The molecule has 3 heterocycles. The molecule has 2 saturated heterocycles. The molecule has 2 unspecified atom stereocenters. The van der Waals surface area contributed by atoms with Crippen LogP contribution in [-0.4, -0.2) is 91.5 Å². The molecule has 2 bridgehead atoms. The van der Waals surface area contributed by atoms with Crippen molar-refractivity contribution in [3.63, 3.8) is 0 Å². The minimum atomic E-state index is -1.07. The van der Waals surface area contributed by atoms with Crippen LogP contribution in [0, 0.1) is 16.7 Å². The molecule has 11 atom stereocenters. The fourth-order valence-electron chi connectivity index (χ4n) is 7.59. The first kappa shape index (κ1) is 28.9. The molecule has 0 radical (unpaired) electrons. The second-order valence-corrected chi connectivity index (χ2v) is 12.4. The number of carbonyl (C=O) groups is 1. The third-order valence-electron chi connectivity index (χ3n) is 10.2. The predicted molar refractivity (Wildman–Crippen MR) is 144 cm³/mol. The van der Waals surface area contributed by atoms with Crippen LogP contribution in [-0.2, 0) is 28.5 Å². The van der Waals surface area contributed by atoms with Crippen LogP contribution in [0.5, 0.6) is 0 Å². The van der Waals surface area contributed by atoms with Gasteiger partial charge in [-0.15, -0.1) is 0 Å². The Balaban J connectivity index is 1.51. The normalized spacial score (nSPS) is 49.2. The molecular formula is C30H45NO8. The van der Waals surface area contributed by atoms with Crippen molar-refractivity contribution in [3.8, 4) is 0 Å². The Kier molecular flexibility index (Phi) is 8.16. The van der Waals surface area contributed by atoms with Gasteiger partial charge in [0, 0.05) is 29.9 Å². The summed E-state index contributed by atoms with van der Waals surface area (Å²) in [6.07, 6.45) is 8.34. The summed E-state index contributed by atoms with van der Waals surface area (Å²) in [4.78, 5) is 13.0. The van der Waals surface area contributed by atoms with Gasteiger partial charge in [-0.05, 0) is 46.1 Å². The monoisotopic (exact) mass is 547 g/mol. The molecule has 39 heavy (non-hydrogen) atoms. The summed E-state index contributed by atoms with van der Waals surface area (Å²) < 4.78 is 31.3. The first-order valence-electron chi connectivity index (χ1n) is 14.4. The van der Waals surface area contributed by atoms with Gasteiger partial charge in [0.05, 0.1) is 37.6 Å². The number of likely N-dealkylation sites (N-methyl/N-ethyl adjacent to an activating group) is 1. The molecule has 2 spiro atoms. The molecular weight excluding hydrogens is 502 g/mol. The Bertz CT molecular complexity index is 1000. The first-order chi connectivity index (χ1) is 18.6. The van der Waals surface area contributed by atoms with Gasteiger partial charge in [0.2, 0.25) is 0 Å². The highest BCUT2D eigenvalue weighted by molar-refractivity contribution is 5.82. The van der Waals surface area contributed by atoms with Crippen molar-refractivity contribution in [1.82, 2.24) is 5.32 Å². The fraction of sp³-hybridized carbons (Fsp3) is 0.767. The van der Waals surface area contributed by atoms with Crippen LogP contribution in [0.15, 0.2) is 36.0 Å². The molecule has 2 aliphatic carbocycles. The smallest absolute Gasteiger partial charge is 0.331 e. The van der Waals surface area contributed by atoms with Gasteiger partial charge in [-0.2, -0.15) is 0 Å². The van der Waals surface area contributed by atoms with Crippen molar-refractivity contribution in [2.24, 2.45) is 16.7 Å². The number of hydrogen-bond donors (Lipinski definition) is 3. The highest BCUT2D eigenvalue weighted by Gasteiger charge is 2.82. The maximum Gasteiger partial charge on any atom is 0.331 e. The number of allylic oxidation sites excluding steroid dienone is 3. The standard InChI is InChI=1S/C30H45NO8/c1-18-10-12-29-16-36-27(34)26(31-5)19(2)11-13-35-21(20(3)32)8-6-7-9-25(33)39-22-15-24(38-23(29)14-18)30(17-37-30)28(22,29)4/h6-9,14,19-24,26-27,31-32,34H,10-13,15-17H2,1-5H3/b8-6+,9-7-/t19-,20-,21-,22-,23-,24-,26+,27?,28?,29-,30+/m1/s1. The van der Waals surface area contributed by atoms with E-state index in [4.69, 9.17) is 23.7 Å². The molecule has 9 heteroatoms. The lowest BCUT2D eigenvalue weighted by Crippen LogP contribution is -2.67. The van der Waals surface area contributed by atoms with Crippen molar-refractivity contribution in [2.45, 2.75) is 102 Å². The number of aliphatic hydroxyl groups is 2. The summed E-state index contributed by atoms with van der Waals surface area (Å²) >= 11 is 0. The van der Waals surface area contributed by atoms with Crippen molar-refractivity contribution in [1.29, 1.82) is 0 Å². The predicted octanol–water partition coefficient (Wildman–Crippen LogP) is 2.41. The van der Waals surface area contributed by atoms with E-state index < -0.39 is 47.0 Å². The SMILES string of the molecule is CN[C@@H]1C(O)OC[C@]23CCC(C)=C[C@H]2O[C@@H]2C[C@@H](OC(=O)/C=C\C=C\[C@H]([C@@H](C)O)OCC[C@H]1C)C3(C)[C@]21CO1. The van der Waals surface area contributed by atoms with Gasteiger partial charge < -0.3 is 39.2 Å². The Morgan fingerprint density at radius 1 is 1.18 bits per heavy atom. The van der Waals surface area contributed by atoms with Crippen LogP contribution in [0.25, 0.3) is 0 Å². The van der Waals surface area contributed by atoms with Crippen LogP contribution in [0.4, 0.5) is 0 Å². The van der Waals surface area contributed by atoms with E-state index in [9.17, 15) is 15.0 Å². The summed E-state index contributed by atoms with van der Waals surface area (Å²) in [5.41, 5.74) is -0.390. The average molecular weight is 548 g/mol. The van der Waals surface area contributed by atoms with Crippen molar-refractivity contribution in [2.75, 3.05) is 26.9 Å². The maximum absolute atomic E-state index is 13.0. The highest BCUT2D eigenvalue weighted by atomic mass is 16.6. The van der Waals surface area contributed by atoms with E-state index in [-0.39, 0.29) is 30.8 Å². The van der Waals surface area contributed by atoms with Crippen LogP contribution >= 0.6 is 0 Å². The zero-order valence-corrected chi connectivity index (χ0v) is 23.8. The van der Waals surface area contributed by atoms with E-state index in [1.54, 1.807) is 25.2 Å². The molecule has 0 aromatic heterocycles. The van der Waals surface area contributed by atoms with E-state index >= 15 is 0 Å². The Morgan fingerprint density at radius 3 is 2.64 bits per heavy atom. The van der Waals surface area contributed by atoms with Gasteiger partial charge in [0.1, 0.15) is 17.8 Å². The molecule has 0 aromatic rings. The summed E-state index contributed by atoms with van der Waals surface area (Å²) in [6.45, 7) is 9.19. The molecule has 3 N–H and O–H groups in total. The topological polar surface area (TPSA) is 119 Å². The number of carbonyl (C=O) groups excluding carboxylic acids is 1. The minimum absolute atomic E-state index is 0.0325. The number of esters is 1. The Hall–Kier alpha value is -1.59. The summed E-state index contributed by atoms with van der Waals surface area (Å²) in [6, 6.07) is -0.333. The van der Waals surface area contributed by atoms with Gasteiger partial charge in [-0.3, -0.25) is 0 Å². The number of ether oxygens (including phenoxy) is 5. The molecule has 1 saturated carbocycles. The third-order valence-corrected chi connectivity index (χ3v) is 10.2. The van der Waals surface area contributed by atoms with Crippen LogP contribution in [0.3, 0.4) is 0 Å². The number of hydrogen-bond acceptors (Lipinski definition) is 9. The molecule has 3 aliphatic heterocycles. The van der Waals surface area contributed by atoms with Crippen LogP contribution in [0.2, 0.25) is 0 Å². The molecule has 3 fully saturated rings. The molecule has 5 rings (SSSR count). The molecule has 0 aromatic carbocycles. The van der Waals surface area contributed by atoms with E-state index in [2.05, 4.69) is 25.2 Å². The zero-order chi connectivity index (χ0) is 28.0. The lowest BCUT2D eigenvalue weighted by Gasteiger charge is -2.58. The number of aliphatic hydroxyl groups excluding tert-OH is 2. The van der Waals surface area contributed by atoms with E-state index in [0.717, 1.165) is 12.8 Å². The molecule has 9 nitrogen and oxygen atoms in total. The van der Waals surface area contributed by atoms with Gasteiger partial charge in [0.15, 0.2) is 6.29 Å². The van der Waals surface area contributed by atoms with Crippen molar-refractivity contribution >= 4 is 5.97 Å². The second-order valence-electron chi connectivity index (χ2n) is 12.4. The molecule has 218 valence electrons. The van der Waals surface area contributed by atoms with Crippen molar-refractivity contribution in [3.05, 3.63) is 36.0 Å². The van der Waals surface area contributed by atoms with Gasteiger partial charge in [-0.1, -0.05) is 43.7 Å². The van der Waals surface area contributed by atoms with Crippen molar-refractivity contribution < 1.29 is 38.7 Å². The second kappa shape index (κ2) is 11.0. The summed E-state index contributed by atoms with van der Waals surface area (Å²) in [5.74, 6) is -0.408. The number of rotatable bonds is 2. The fourth-order valence-corrected chi connectivity index (χ4v) is 7.59. The van der Waals surface area contributed by atoms with Crippen LogP contribution in [0.1, 0.15) is 53.4 Å². The first-order valence-corrected chi connectivity index (χ1v) is 14.4. The highest BCUT2D eigenvalue weighted by Crippen LogP contribution is 2.72. The Morgan fingerprint density at radius 2 is 1.95 bits per heavy atom. The maximum atomic E-state index is 13.0.